The van der Waals surface area contributed by atoms with Crippen molar-refractivity contribution in [2.75, 3.05) is 40.5 Å². The van der Waals surface area contributed by atoms with Crippen LogP contribution in [0, 0.1) is 0 Å². The summed E-state index contributed by atoms with van der Waals surface area (Å²) in [5.41, 5.74) is 2.78. The van der Waals surface area contributed by atoms with Crippen molar-refractivity contribution in [3.63, 3.8) is 0 Å². The van der Waals surface area contributed by atoms with Crippen molar-refractivity contribution in [1.29, 1.82) is 0 Å². The number of nitrogens with zero attached hydrogens (tertiary/aromatic N) is 3. The number of rotatable bonds is 5. The number of anilines is 2. The zero-order valence-corrected chi connectivity index (χ0v) is 21.0. The summed E-state index contributed by atoms with van der Waals surface area (Å²) in [5.74, 6) is -0.313. The third-order valence-corrected chi connectivity index (χ3v) is 12.0. The van der Waals surface area contributed by atoms with E-state index in [0.29, 0.717) is 19.6 Å². The van der Waals surface area contributed by atoms with Crippen molar-refractivity contribution in [2.24, 2.45) is 0 Å². The zero-order chi connectivity index (χ0) is 23.8. The second-order valence-corrected chi connectivity index (χ2v) is 13.9. The maximum absolute atomic E-state index is 15.6. The van der Waals surface area contributed by atoms with Gasteiger partial charge in [0, 0.05) is 37.1 Å². The number of hydrogen-bond acceptors (Lipinski definition) is 4. The Labute approximate surface area is 202 Å². The summed E-state index contributed by atoms with van der Waals surface area (Å²) < 4.78 is 44.6. The third-order valence-electron chi connectivity index (χ3n) is 6.78. The smallest absolute Gasteiger partial charge is 0.284 e. The Morgan fingerprint density at radius 2 is 1.24 bits per heavy atom. The standard InChI is InChI=1S/C26H30N3O3PS/c1-22-21-34(31,32)20-19-27(22)26(23-11-5-2-6-12-23)33(30)28(24-13-7-3-8-14-24)17-18-29(33)25-15-9-4-10-16-25/h2-16,22,26H,17-21H2,1H3. The summed E-state index contributed by atoms with van der Waals surface area (Å²) in [6, 6.07) is 29.5. The van der Waals surface area contributed by atoms with E-state index in [-0.39, 0.29) is 17.5 Å². The molecule has 178 valence electrons. The quantitative estimate of drug-likeness (QED) is 0.463. The lowest BCUT2D eigenvalue weighted by atomic mass is 10.2. The predicted octanol–water partition coefficient (Wildman–Crippen LogP) is 5.02. The van der Waals surface area contributed by atoms with Crippen LogP contribution in [-0.2, 0) is 14.4 Å². The van der Waals surface area contributed by atoms with Crippen LogP contribution in [0.5, 0.6) is 0 Å². The molecule has 0 spiro atoms. The van der Waals surface area contributed by atoms with E-state index in [4.69, 9.17) is 0 Å². The molecule has 3 aromatic rings. The number of hydrogen-bond donors (Lipinski definition) is 0. The van der Waals surface area contributed by atoms with E-state index in [9.17, 15) is 8.42 Å². The maximum Gasteiger partial charge on any atom is 0.284 e. The van der Waals surface area contributed by atoms with Crippen molar-refractivity contribution >= 4 is 28.7 Å². The van der Waals surface area contributed by atoms with Crippen molar-refractivity contribution in [2.45, 2.75) is 18.7 Å². The highest BCUT2D eigenvalue weighted by Crippen LogP contribution is 2.70. The van der Waals surface area contributed by atoms with Gasteiger partial charge in [-0.3, -0.25) is 9.46 Å². The number of benzene rings is 3. The Balaban J connectivity index is 1.70. The van der Waals surface area contributed by atoms with E-state index in [1.54, 1.807) is 0 Å². The van der Waals surface area contributed by atoms with Crippen LogP contribution in [0.2, 0.25) is 0 Å². The van der Waals surface area contributed by atoms with Gasteiger partial charge in [-0.05, 0) is 36.8 Å². The Hall–Kier alpha value is -2.60. The highest BCUT2D eigenvalue weighted by atomic mass is 32.2. The summed E-state index contributed by atoms with van der Waals surface area (Å²) in [5, 5.41) is 0. The molecule has 2 aliphatic rings. The van der Waals surface area contributed by atoms with Crippen molar-refractivity contribution in [1.82, 2.24) is 4.90 Å². The fourth-order valence-corrected chi connectivity index (χ4v) is 10.6. The fraction of sp³-hybridized carbons (Fsp3) is 0.308. The van der Waals surface area contributed by atoms with Gasteiger partial charge in [0.25, 0.3) is 7.44 Å². The van der Waals surface area contributed by atoms with Gasteiger partial charge in [-0.15, -0.1) is 0 Å². The maximum atomic E-state index is 15.6. The van der Waals surface area contributed by atoms with Gasteiger partial charge in [-0.1, -0.05) is 66.7 Å². The van der Waals surface area contributed by atoms with Crippen LogP contribution in [0.1, 0.15) is 18.3 Å². The van der Waals surface area contributed by atoms with Gasteiger partial charge in [0.2, 0.25) is 0 Å². The molecule has 34 heavy (non-hydrogen) atoms. The monoisotopic (exact) mass is 495 g/mol. The number of sulfone groups is 1. The molecule has 8 heteroatoms. The Bertz CT molecular complexity index is 1220. The molecule has 5 rings (SSSR count). The second-order valence-electron chi connectivity index (χ2n) is 8.99. The van der Waals surface area contributed by atoms with E-state index in [2.05, 4.69) is 14.2 Å². The Morgan fingerprint density at radius 3 is 1.71 bits per heavy atom. The average molecular weight is 496 g/mol. The molecular weight excluding hydrogens is 465 g/mol. The van der Waals surface area contributed by atoms with Crippen LogP contribution in [0.4, 0.5) is 11.4 Å². The minimum atomic E-state index is -3.32. The summed E-state index contributed by atoms with van der Waals surface area (Å²) in [4.78, 5) is 2.16. The van der Waals surface area contributed by atoms with Crippen LogP contribution in [0.15, 0.2) is 91.0 Å². The van der Waals surface area contributed by atoms with Gasteiger partial charge < -0.3 is 9.34 Å². The molecule has 0 bridgehead atoms. The van der Waals surface area contributed by atoms with E-state index in [1.807, 2.05) is 97.9 Å². The lowest BCUT2D eigenvalue weighted by molar-refractivity contribution is 0.202. The average Bonchev–Trinajstić information content (AvgIpc) is 3.19. The summed E-state index contributed by atoms with van der Waals surface area (Å²) >= 11 is 0. The molecule has 2 atom stereocenters. The van der Waals surface area contributed by atoms with Gasteiger partial charge in [0.15, 0.2) is 9.84 Å². The van der Waals surface area contributed by atoms with E-state index in [1.165, 1.54) is 0 Å². The molecule has 2 unspecified atom stereocenters. The van der Waals surface area contributed by atoms with Crippen molar-refractivity contribution < 1.29 is 13.0 Å². The predicted molar refractivity (Wildman–Crippen MR) is 139 cm³/mol. The molecule has 0 N–H and O–H groups in total. The molecular formula is C26H30N3O3PS. The zero-order valence-electron chi connectivity index (χ0n) is 19.3. The topological polar surface area (TPSA) is 60.9 Å². The van der Waals surface area contributed by atoms with E-state index >= 15 is 4.57 Å². The molecule has 2 saturated heterocycles. The minimum absolute atomic E-state index is 0.0764. The van der Waals surface area contributed by atoms with Gasteiger partial charge in [-0.2, -0.15) is 0 Å². The van der Waals surface area contributed by atoms with E-state index < -0.39 is 23.1 Å². The molecule has 0 saturated carbocycles. The van der Waals surface area contributed by atoms with Crippen LogP contribution in [0.3, 0.4) is 0 Å². The molecule has 2 aliphatic heterocycles. The normalized spacial score (nSPS) is 23.0. The van der Waals surface area contributed by atoms with Crippen LogP contribution in [-0.4, -0.2) is 50.5 Å². The highest BCUT2D eigenvalue weighted by molar-refractivity contribution is 7.91. The van der Waals surface area contributed by atoms with E-state index in [0.717, 1.165) is 16.9 Å². The summed E-state index contributed by atoms with van der Waals surface area (Å²) in [7, 11) is -6.43. The second kappa shape index (κ2) is 9.21. The molecule has 0 radical (unpaired) electrons. The SMILES string of the molecule is CC1CS(=O)(=O)CCN1C(c1ccccc1)P1(=O)N(c2ccccc2)CCN1c1ccccc1. The molecule has 3 aromatic carbocycles. The number of para-hydroxylation sites is 2. The highest BCUT2D eigenvalue weighted by Gasteiger charge is 2.53. The molecule has 0 aromatic heterocycles. The fourth-order valence-electron chi connectivity index (χ4n) is 5.24. The van der Waals surface area contributed by atoms with Crippen molar-refractivity contribution in [3.8, 4) is 0 Å². The van der Waals surface area contributed by atoms with Crippen molar-refractivity contribution in [3.05, 3.63) is 96.6 Å². The molecule has 0 aliphatic carbocycles. The first-order chi connectivity index (χ1) is 16.4. The van der Waals surface area contributed by atoms with Crippen LogP contribution < -0.4 is 9.34 Å². The first-order valence-corrected chi connectivity index (χ1v) is 15.2. The van der Waals surface area contributed by atoms with Gasteiger partial charge in [-0.25, -0.2) is 8.42 Å². The lowest BCUT2D eigenvalue weighted by Crippen LogP contribution is -2.49. The Kier molecular flexibility index (Phi) is 6.28. The lowest BCUT2D eigenvalue weighted by Gasteiger charge is -2.46. The summed E-state index contributed by atoms with van der Waals surface area (Å²) in [6.45, 7) is 3.55. The molecule has 2 fully saturated rings. The molecule has 0 amide bonds. The van der Waals surface area contributed by atoms with Gasteiger partial charge in [0.1, 0.15) is 5.78 Å². The van der Waals surface area contributed by atoms with Gasteiger partial charge in [0.05, 0.1) is 11.5 Å². The first kappa shape index (κ1) is 23.2. The summed E-state index contributed by atoms with van der Waals surface area (Å²) in [6.07, 6.45) is 0. The largest absolute Gasteiger partial charge is 0.304 e. The first-order valence-electron chi connectivity index (χ1n) is 11.7. The Morgan fingerprint density at radius 1 is 0.765 bits per heavy atom. The van der Waals surface area contributed by atoms with Crippen LogP contribution >= 0.6 is 7.44 Å². The molecule has 2 heterocycles. The minimum Gasteiger partial charge on any atom is -0.304 e. The van der Waals surface area contributed by atoms with Gasteiger partial charge >= 0.3 is 0 Å². The van der Waals surface area contributed by atoms with Crippen LogP contribution in [0.25, 0.3) is 0 Å². The molecule has 6 nitrogen and oxygen atoms in total. The third kappa shape index (κ3) is 4.17.